The largest absolute Gasteiger partial charge is 0.497 e. The third-order valence-electron chi connectivity index (χ3n) is 5.28. The van der Waals surface area contributed by atoms with Gasteiger partial charge < -0.3 is 25.7 Å². The van der Waals surface area contributed by atoms with Crippen LogP contribution in [0.1, 0.15) is 35.8 Å². The summed E-state index contributed by atoms with van der Waals surface area (Å²) in [7, 11) is 1.56. The van der Waals surface area contributed by atoms with Gasteiger partial charge >= 0.3 is 6.03 Å². The zero-order chi connectivity index (χ0) is 24.4. The molecule has 0 saturated carbocycles. The lowest BCUT2D eigenvalue weighted by molar-refractivity contribution is 0.104. The molecule has 34 heavy (non-hydrogen) atoms. The minimum Gasteiger partial charge on any atom is -0.497 e. The minimum atomic E-state index is -0.509. The number of nitrogens with two attached hydrogens (primary N) is 1. The summed E-state index contributed by atoms with van der Waals surface area (Å²) in [6.45, 7) is 3.95. The molecule has 2 aromatic heterocycles. The van der Waals surface area contributed by atoms with Gasteiger partial charge in [0.05, 0.1) is 28.8 Å². The van der Waals surface area contributed by atoms with Crippen LogP contribution in [0.3, 0.4) is 0 Å². The van der Waals surface area contributed by atoms with Gasteiger partial charge in [0.2, 0.25) is 0 Å². The van der Waals surface area contributed by atoms with Crippen molar-refractivity contribution in [2.24, 2.45) is 0 Å². The number of anilines is 3. The van der Waals surface area contributed by atoms with Crippen molar-refractivity contribution in [3.63, 3.8) is 0 Å². The zero-order valence-corrected chi connectivity index (χ0v) is 19.6. The van der Waals surface area contributed by atoms with Gasteiger partial charge in [-0.05, 0) is 50.2 Å². The number of ketones is 1. The summed E-state index contributed by atoms with van der Waals surface area (Å²) in [5.74, 6) is 0.525. The second-order valence-corrected chi connectivity index (χ2v) is 8.18. The molecule has 10 heteroatoms. The molecule has 2 aromatic carbocycles. The average molecular weight is 479 g/mol. The number of methoxy groups -OCH3 is 1. The van der Waals surface area contributed by atoms with E-state index in [1.165, 1.54) is 6.33 Å². The maximum atomic E-state index is 13.5. The van der Waals surface area contributed by atoms with Crippen molar-refractivity contribution in [1.82, 2.24) is 14.5 Å². The average Bonchev–Trinajstić information content (AvgIpc) is 3.22. The number of amides is 2. The summed E-state index contributed by atoms with van der Waals surface area (Å²) in [5.41, 5.74) is 8.06. The summed E-state index contributed by atoms with van der Waals surface area (Å²) < 4.78 is 6.97. The second kappa shape index (κ2) is 9.40. The van der Waals surface area contributed by atoms with Gasteiger partial charge in [-0.15, -0.1) is 0 Å². The first-order chi connectivity index (χ1) is 16.3. The number of nitrogen functional groups attached to an aromatic ring is 1. The molecule has 174 valence electrons. The van der Waals surface area contributed by atoms with E-state index in [9.17, 15) is 9.59 Å². The van der Waals surface area contributed by atoms with Crippen molar-refractivity contribution in [3.05, 3.63) is 71.1 Å². The number of fused-ring (bicyclic) bond motifs is 1. The molecule has 0 saturated heterocycles. The summed E-state index contributed by atoms with van der Waals surface area (Å²) in [6.07, 6.45) is 3.07. The van der Waals surface area contributed by atoms with Crippen LogP contribution in [0, 0.1) is 0 Å². The summed E-state index contributed by atoms with van der Waals surface area (Å²) in [5, 5.41) is 5.97. The van der Waals surface area contributed by atoms with Gasteiger partial charge in [0, 0.05) is 23.5 Å². The van der Waals surface area contributed by atoms with E-state index >= 15 is 0 Å². The standard InChI is InChI=1S/C24H23ClN6O3/c1-13(2)31-11-17(19-22(26)27-12-28-23(19)31)21(32)16-5-4-6-18(20(16)25)30-24(33)29-14-7-9-15(34-3)10-8-14/h4-13H,1-3H3,(H2,26,27,28)(H2,29,30,33). The van der Waals surface area contributed by atoms with Crippen molar-refractivity contribution in [3.8, 4) is 5.75 Å². The molecule has 0 aliphatic rings. The lowest BCUT2D eigenvalue weighted by Crippen LogP contribution is -2.20. The Balaban J connectivity index is 1.63. The Hall–Kier alpha value is -4.11. The zero-order valence-electron chi connectivity index (χ0n) is 18.8. The summed E-state index contributed by atoms with van der Waals surface area (Å²) in [6, 6.07) is 11.2. The highest BCUT2D eigenvalue weighted by molar-refractivity contribution is 6.38. The van der Waals surface area contributed by atoms with Gasteiger partial charge in [-0.1, -0.05) is 17.7 Å². The Kier molecular flexibility index (Phi) is 6.38. The maximum absolute atomic E-state index is 13.5. The number of nitrogens with one attached hydrogen (secondary N) is 2. The van der Waals surface area contributed by atoms with Gasteiger partial charge in [0.15, 0.2) is 5.78 Å². The monoisotopic (exact) mass is 478 g/mol. The Morgan fingerprint density at radius 2 is 1.79 bits per heavy atom. The number of hydrogen-bond donors (Lipinski definition) is 3. The van der Waals surface area contributed by atoms with E-state index in [1.54, 1.807) is 55.8 Å². The Bertz CT molecular complexity index is 1380. The molecule has 0 unspecified atom stereocenters. The Morgan fingerprint density at radius 1 is 1.06 bits per heavy atom. The summed E-state index contributed by atoms with van der Waals surface area (Å²) >= 11 is 6.55. The third kappa shape index (κ3) is 4.38. The number of ether oxygens (including phenoxy) is 1. The van der Waals surface area contributed by atoms with Crippen molar-refractivity contribution >= 4 is 51.6 Å². The van der Waals surface area contributed by atoms with E-state index in [0.29, 0.717) is 28.0 Å². The van der Waals surface area contributed by atoms with E-state index in [1.807, 2.05) is 18.4 Å². The normalized spacial score (nSPS) is 11.0. The van der Waals surface area contributed by atoms with Crippen LogP contribution >= 0.6 is 11.6 Å². The van der Waals surface area contributed by atoms with E-state index in [4.69, 9.17) is 22.1 Å². The third-order valence-corrected chi connectivity index (χ3v) is 5.69. The van der Waals surface area contributed by atoms with Gasteiger partial charge in [-0.25, -0.2) is 14.8 Å². The highest BCUT2D eigenvalue weighted by Gasteiger charge is 2.24. The number of urea groups is 1. The fourth-order valence-corrected chi connectivity index (χ4v) is 3.84. The van der Waals surface area contributed by atoms with Gasteiger partial charge in [-0.3, -0.25) is 4.79 Å². The van der Waals surface area contributed by atoms with Crippen molar-refractivity contribution in [2.45, 2.75) is 19.9 Å². The van der Waals surface area contributed by atoms with Gasteiger partial charge in [-0.2, -0.15) is 0 Å². The summed E-state index contributed by atoms with van der Waals surface area (Å²) in [4.78, 5) is 34.4. The van der Waals surface area contributed by atoms with E-state index in [2.05, 4.69) is 20.6 Å². The predicted octanol–water partition coefficient (Wildman–Crippen LogP) is 5.13. The van der Waals surface area contributed by atoms with Crippen LogP contribution < -0.4 is 21.1 Å². The molecule has 0 spiro atoms. The maximum Gasteiger partial charge on any atom is 0.323 e. The first kappa shape index (κ1) is 23.1. The van der Waals surface area contributed by atoms with Gasteiger partial charge in [0.1, 0.15) is 23.5 Å². The van der Waals surface area contributed by atoms with Crippen LogP contribution in [0.4, 0.5) is 22.0 Å². The molecule has 9 nitrogen and oxygen atoms in total. The van der Waals surface area contributed by atoms with E-state index in [0.717, 1.165) is 0 Å². The van der Waals surface area contributed by atoms with Crippen LogP contribution in [-0.4, -0.2) is 33.5 Å². The Morgan fingerprint density at radius 3 is 2.47 bits per heavy atom. The number of rotatable bonds is 6. The molecule has 4 N–H and O–H groups in total. The fourth-order valence-electron chi connectivity index (χ4n) is 3.58. The van der Waals surface area contributed by atoms with Crippen molar-refractivity contribution in [1.29, 1.82) is 0 Å². The number of aromatic nitrogens is 3. The lowest BCUT2D eigenvalue weighted by Gasteiger charge is -2.12. The molecule has 2 amide bonds. The highest BCUT2D eigenvalue weighted by atomic mass is 35.5. The number of nitrogens with zero attached hydrogens (tertiary/aromatic N) is 3. The molecule has 0 aliphatic carbocycles. The molecule has 4 rings (SSSR count). The van der Waals surface area contributed by atoms with Crippen molar-refractivity contribution < 1.29 is 14.3 Å². The topological polar surface area (TPSA) is 124 Å². The second-order valence-electron chi connectivity index (χ2n) is 7.81. The fraction of sp³-hybridized carbons (Fsp3) is 0.167. The molecular formula is C24H23ClN6O3. The molecule has 0 radical (unpaired) electrons. The molecule has 0 bridgehead atoms. The quantitative estimate of drug-likeness (QED) is 0.330. The molecule has 0 aliphatic heterocycles. The smallest absolute Gasteiger partial charge is 0.323 e. The molecule has 0 atom stereocenters. The number of hydrogen-bond acceptors (Lipinski definition) is 6. The Labute approximate surface area is 200 Å². The lowest BCUT2D eigenvalue weighted by atomic mass is 10.0. The SMILES string of the molecule is COc1ccc(NC(=O)Nc2cccc(C(=O)c3cn(C(C)C)c4ncnc(N)c34)c2Cl)cc1. The first-order valence-electron chi connectivity index (χ1n) is 10.5. The van der Waals surface area contributed by atoms with Crippen LogP contribution in [0.25, 0.3) is 11.0 Å². The molecule has 4 aromatic rings. The number of benzene rings is 2. The molecular weight excluding hydrogens is 456 g/mol. The van der Waals surface area contributed by atoms with E-state index in [-0.39, 0.29) is 33.9 Å². The van der Waals surface area contributed by atoms with Crippen LogP contribution in [-0.2, 0) is 0 Å². The number of carbonyl (C=O) groups excluding carboxylic acids is 2. The van der Waals surface area contributed by atoms with Crippen LogP contribution in [0.15, 0.2) is 55.0 Å². The molecule has 2 heterocycles. The highest BCUT2D eigenvalue weighted by Crippen LogP contribution is 2.32. The number of carbonyl (C=O) groups is 2. The first-order valence-corrected chi connectivity index (χ1v) is 10.8. The minimum absolute atomic E-state index is 0.0449. The number of halogens is 1. The predicted molar refractivity (Wildman–Crippen MR) is 133 cm³/mol. The van der Waals surface area contributed by atoms with Crippen LogP contribution in [0.5, 0.6) is 5.75 Å². The van der Waals surface area contributed by atoms with Crippen molar-refractivity contribution in [2.75, 3.05) is 23.5 Å². The molecule has 0 fully saturated rings. The van der Waals surface area contributed by atoms with E-state index < -0.39 is 6.03 Å². The van der Waals surface area contributed by atoms with Crippen LogP contribution in [0.2, 0.25) is 5.02 Å². The van der Waals surface area contributed by atoms with Gasteiger partial charge in [0.25, 0.3) is 0 Å².